The highest BCUT2D eigenvalue weighted by atomic mass is 16.2. The summed E-state index contributed by atoms with van der Waals surface area (Å²) in [5.41, 5.74) is 15.9. The van der Waals surface area contributed by atoms with Crippen molar-refractivity contribution in [3.63, 3.8) is 0 Å². The van der Waals surface area contributed by atoms with Gasteiger partial charge in [0, 0.05) is 12.2 Å². The summed E-state index contributed by atoms with van der Waals surface area (Å²) in [7, 11) is 0. The van der Waals surface area contributed by atoms with Crippen molar-refractivity contribution >= 4 is 17.4 Å². The van der Waals surface area contributed by atoms with Crippen molar-refractivity contribution < 1.29 is 4.79 Å². The van der Waals surface area contributed by atoms with Crippen LogP contribution in [0.3, 0.4) is 0 Å². The fourth-order valence-corrected chi connectivity index (χ4v) is 3.44. The molecular weight excluding hydrogens is 380 g/mol. The molecule has 0 saturated carbocycles. The number of nitrogen functional groups attached to an aromatic ring is 1. The largest absolute Gasteiger partial charge is 0.383 e. The van der Waals surface area contributed by atoms with Crippen LogP contribution in [0.2, 0.25) is 0 Å². The number of anilines is 2. The first-order chi connectivity index (χ1) is 14.2. The third-order valence-electron chi connectivity index (χ3n) is 4.97. The minimum absolute atomic E-state index is 0.134. The van der Waals surface area contributed by atoms with E-state index in [1.165, 1.54) is 22.7 Å². The lowest BCUT2D eigenvalue weighted by Gasteiger charge is -2.16. The van der Waals surface area contributed by atoms with Gasteiger partial charge < -0.3 is 16.8 Å². The number of aryl methyl sites for hydroxylation is 3. The van der Waals surface area contributed by atoms with Crippen LogP contribution >= 0.6 is 0 Å². The van der Waals surface area contributed by atoms with Gasteiger partial charge in [-0.05, 0) is 55.5 Å². The molecule has 1 amide bonds. The summed E-state index contributed by atoms with van der Waals surface area (Å²) >= 11 is 0. The van der Waals surface area contributed by atoms with E-state index < -0.39 is 11.5 Å². The molecule has 0 radical (unpaired) electrons. The molecule has 8 nitrogen and oxygen atoms in total. The predicted molar refractivity (Wildman–Crippen MR) is 118 cm³/mol. The van der Waals surface area contributed by atoms with E-state index in [-0.39, 0.29) is 17.4 Å². The van der Waals surface area contributed by atoms with Gasteiger partial charge in [-0.25, -0.2) is 4.98 Å². The zero-order chi connectivity index (χ0) is 22.0. The van der Waals surface area contributed by atoms with E-state index >= 15 is 0 Å². The van der Waals surface area contributed by atoms with Gasteiger partial charge in [0.1, 0.15) is 17.7 Å². The normalized spacial score (nSPS) is 11.9. The van der Waals surface area contributed by atoms with Gasteiger partial charge in [-0.2, -0.15) is 0 Å². The number of nitrogens with two attached hydrogens (primary N) is 2. The zero-order valence-corrected chi connectivity index (χ0v) is 17.6. The molecule has 1 aromatic carbocycles. The lowest BCUT2D eigenvalue weighted by molar-refractivity contribution is 0.102. The molecule has 3 rings (SSSR count). The monoisotopic (exact) mass is 406 g/mol. The van der Waals surface area contributed by atoms with E-state index in [4.69, 9.17) is 11.5 Å². The summed E-state index contributed by atoms with van der Waals surface area (Å²) in [6, 6.07) is 5.51. The molecule has 0 bridgehead atoms. The van der Waals surface area contributed by atoms with Crippen molar-refractivity contribution in [1.29, 1.82) is 0 Å². The summed E-state index contributed by atoms with van der Waals surface area (Å²) in [4.78, 5) is 34.3. The van der Waals surface area contributed by atoms with Crippen LogP contribution in [0.25, 0.3) is 5.69 Å². The molecule has 30 heavy (non-hydrogen) atoms. The Morgan fingerprint density at radius 2 is 1.87 bits per heavy atom. The number of hydrogen-bond acceptors (Lipinski definition) is 6. The van der Waals surface area contributed by atoms with Gasteiger partial charge in [0.2, 0.25) is 0 Å². The summed E-state index contributed by atoms with van der Waals surface area (Å²) in [6.45, 7) is 7.74. The topological polar surface area (TPSA) is 129 Å². The van der Waals surface area contributed by atoms with Crippen molar-refractivity contribution in [3.8, 4) is 5.69 Å². The van der Waals surface area contributed by atoms with E-state index in [1.54, 1.807) is 12.3 Å². The number of amides is 1. The van der Waals surface area contributed by atoms with Crippen LogP contribution in [0.15, 0.2) is 41.7 Å². The summed E-state index contributed by atoms with van der Waals surface area (Å²) in [5.74, 6) is -0.783. The van der Waals surface area contributed by atoms with Gasteiger partial charge >= 0.3 is 0 Å². The Hall–Kier alpha value is -3.52. The second-order valence-electron chi connectivity index (χ2n) is 7.36. The van der Waals surface area contributed by atoms with E-state index in [0.29, 0.717) is 11.4 Å². The van der Waals surface area contributed by atoms with Crippen LogP contribution in [0.4, 0.5) is 11.5 Å². The van der Waals surface area contributed by atoms with E-state index in [9.17, 15) is 9.59 Å². The van der Waals surface area contributed by atoms with Crippen LogP contribution in [0.5, 0.6) is 0 Å². The molecule has 0 aliphatic rings. The smallest absolute Gasteiger partial charge is 0.272 e. The maximum atomic E-state index is 13.2. The molecule has 0 aliphatic heterocycles. The fraction of sp³-hybridized carbons (Fsp3) is 0.273. The van der Waals surface area contributed by atoms with E-state index in [2.05, 4.69) is 22.2 Å². The first-order valence-corrected chi connectivity index (χ1v) is 9.72. The molecule has 0 spiro atoms. The molecule has 0 fully saturated rings. The molecule has 0 aliphatic carbocycles. The number of pyridine rings is 1. The van der Waals surface area contributed by atoms with Gasteiger partial charge in [0.25, 0.3) is 11.5 Å². The Balaban J connectivity index is 2.05. The zero-order valence-electron chi connectivity index (χ0n) is 17.6. The Morgan fingerprint density at radius 1 is 1.20 bits per heavy atom. The number of hydrogen-bond donors (Lipinski definition) is 3. The third-order valence-corrected chi connectivity index (χ3v) is 4.97. The first-order valence-electron chi connectivity index (χ1n) is 9.72. The molecule has 8 heteroatoms. The molecule has 1 atom stereocenters. The van der Waals surface area contributed by atoms with Crippen molar-refractivity contribution in [3.05, 3.63) is 75.1 Å². The van der Waals surface area contributed by atoms with Gasteiger partial charge in [-0.15, -0.1) is 0 Å². The third kappa shape index (κ3) is 4.08. The number of rotatable bonds is 5. The standard InChI is InChI=1S/C22H26N6O2/c1-5-15-6-12(2)19(13(3)7-15)28-11-26-20(24)18(22(28)30)21(29)27-17-8-16(14(4)23)9-25-10-17/h6-11,14H,5,23-24H2,1-4H3,(H,27,29)/t14-/m0/s1. The lowest BCUT2D eigenvalue weighted by atomic mass is 10.0. The predicted octanol–water partition coefficient (Wildman–Crippen LogP) is 2.66. The Kier molecular flexibility index (Phi) is 5.98. The lowest BCUT2D eigenvalue weighted by Crippen LogP contribution is -2.31. The minimum Gasteiger partial charge on any atom is -0.383 e. The van der Waals surface area contributed by atoms with Crippen LogP contribution in [0, 0.1) is 13.8 Å². The minimum atomic E-state index is -0.650. The fourth-order valence-electron chi connectivity index (χ4n) is 3.44. The average molecular weight is 406 g/mol. The van der Waals surface area contributed by atoms with Gasteiger partial charge in [0.15, 0.2) is 0 Å². The molecule has 156 valence electrons. The molecule has 5 N–H and O–H groups in total. The van der Waals surface area contributed by atoms with Crippen molar-refractivity contribution in [1.82, 2.24) is 14.5 Å². The van der Waals surface area contributed by atoms with Crippen molar-refractivity contribution in [2.75, 3.05) is 11.1 Å². The number of benzene rings is 1. The van der Waals surface area contributed by atoms with Gasteiger partial charge in [0.05, 0.1) is 17.6 Å². The maximum Gasteiger partial charge on any atom is 0.272 e. The number of carbonyl (C=O) groups excluding carboxylic acids is 1. The van der Waals surface area contributed by atoms with Crippen LogP contribution in [0.1, 0.15) is 52.5 Å². The molecule has 2 heterocycles. The molecular formula is C22H26N6O2. The van der Waals surface area contributed by atoms with Crippen LogP contribution in [-0.2, 0) is 6.42 Å². The Morgan fingerprint density at radius 3 is 2.47 bits per heavy atom. The summed E-state index contributed by atoms with van der Waals surface area (Å²) < 4.78 is 1.37. The average Bonchev–Trinajstić information content (AvgIpc) is 2.69. The van der Waals surface area contributed by atoms with Crippen LogP contribution in [-0.4, -0.2) is 20.4 Å². The number of nitrogens with one attached hydrogen (secondary N) is 1. The molecule has 0 unspecified atom stereocenters. The Labute approximate surface area is 175 Å². The SMILES string of the molecule is CCc1cc(C)c(-n2cnc(N)c(C(=O)Nc3cncc([C@H](C)N)c3)c2=O)c(C)c1. The van der Waals surface area contributed by atoms with E-state index in [0.717, 1.165) is 23.1 Å². The number of carbonyl (C=O) groups is 1. The quantitative estimate of drug-likeness (QED) is 0.597. The first kappa shape index (κ1) is 21.2. The van der Waals surface area contributed by atoms with Gasteiger partial charge in [-0.1, -0.05) is 19.1 Å². The van der Waals surface area contributed by atoms with Gasteiger partial charge in [-0.3, -0.25) is 19.1 Å². The Bertz CT molecular complexity index is 1140. The molecule has 0 saturated heterocycles. The van der Waals surface area contributed by atoms with Crippen molar-refractivity contribution in [2.24, 2.45) is 5.73 Å². The second-order valence-corrected chi connectivity index (χ2v) is 7.36. The van der Waals surface area contributed by atoms with E-state index in [1.807, 2.05) is 32.9 Å². The van der Waals surface area contributed by atoms with Crippen molar-refractivity contribution in [2.45, 2.75) is 40.2 Å². The highest BCUT2D eigenvalue weighted by Gasteiger charge is 2.20. The second kappa shape index (κ2) is 8.46. The maximum absolute atomic E-state index is 13.2. The molecule has 2 aromatic heterocycles. The number of aromatic nitrogens is 3. The molecule has 3 aromatic rings. The highest BCUT2D eigenvalue weighted by molar-refractivity contribution is 6.06. The highest BCUT2D eigenvalue weighted by Crippen LogP contribution is 2.21. The summed E-state index contributed by atoms with van der Waals surface area (Å²) in [5, 5.41) is 2.67. The number of nitrogens with zero attached hydrogens (tertiary/aromatic N) is 3. The van der Waals surface area contributed by atoms with Crippen LogP contribution < -0.4 is 22.3 Å². The summed E-state index contributed by atoms with van der Waals surface area (Å²) in [6.07, 6.45) is 5.34.